The summed E-state index contributed by atoms with van der Waals surface area (Å²) in [5.41, 5.74) is 9.83. The zero-order valence-electron chi connectivity index (χ0n) is 16.3. The number of hydrogen-bond acceptors (Lipinski definition) is 7. The van der Waals surface area contributed by atoms with Crippen LogP contribution in [0.5, 0.6) is 0 Å². The summed E-state index contributed by atoms with van der Waals surface area (Å²) in [4.78, 5) is 4.50. The van der Waals surface area contributed by atoms with Crippen LogP contribution in [0.2, 0.25) is 0 Å². The van der Waals surface area contributed by atoms with E-state index in [1.807, 2.05) is 19.9 Å². The number of aromatic nitrogens is 2. The average molecular weight is 414 g/mol. The van der Waals surface area contributed by atoms with Gasteiger partial charge in [0.1, 0.15) is 5.82 Å². The van der Waals surface area contributed by atoms with Gasteiger partial charge in [-0.1, -0.05) is 11.2 Å². The molecule has 2 aromatic heterocycles. The van der Waals surface area contributed by atoms with E-state index in [4.69, 9.17) is 10.3 Å². The lowest BCUT2D eigenvalue weighted by atomic mass is 10.00. The summed E-state index contributed by atoms with van der Waals surface area (Å²) >= 11 is 0. The number of nitrogen functional groups attached to an aromatic ring is 1. The van der Waals surface area contributed by atoms with Gasteiger partial charge in [-0.05, 0) is 56.1 Å². The molecular weight excluding hydrogens is 390 g/mol. The van der Waals surface area contributed by atoms with Gasteiger partial charge in [0.05, 0.1) is 16.2 Å². The van der Waals surface area contributed by atoms with Gasteiger partial charge in [0, 0.05) is 30.4 Å². The van der Waals surface area contributed by atoms with Crippen molar-refractivity contribution in [3.8, 4) is 22.5 Å². The Morgan fingerprint density at radius 3 is 2.72 bits per heavy atom. The molecule has 0 saturated carbocycles. The number of pyridine rings is 1. The van der Waals surface area contributed by atoms with Gasteiger partial charge < -0.3 is 15.6 Å². The smallest absolute Gasteiger partial charge is 0.240 e. The van der Waals surface area contributed by atoms with Crippen LogP contribution in [0.4, 0.5) is 5.82 Å². The number of sulfonamides is 1. The minimum Gasteiger partial charge on any atom is -0.383 e. The third-order valence-corrected chi connectivity index (χ3v) is 6.54. The number of benzene rings is 1. The first kappa shape index (κ1) is 19.6. The van der Waals surface area contributed by atoms with Crippen molar-refractivity contribution in [2.24, 2.45) is 0 Å². The maximum Gasteiger partial charge on any atom is 0.240 e. The van der Waals surface area contributed by atoms with Crippen molar-refractivity contribution >= 4 is 15.8 Å². The molecule has 0 unspecified atom stereocenters. The predicted molar refractivity (Wildman–Crippen MR) is 111 cm³/mol. The zero-order valence-corrected chi connectivity index (χ0v) is 17.1. The first-order chi connectivity index (χ1) is 13.8. The van der Waals surface area contributed by atoms with Crippen molar-refractivity contribution in [3.05, 3.63) is 47.8 Å². The van der Waals surface area contributed by atoms with E-state index < -0.39 is 10.0 Å². The summed E-state index contributed by atoms with van der Waals surface area (Å²) in [5, 5.41) is 7.06. The van der Waals surface area contributed by atoms with E-state index in [0.717, 1.165) is 35.3 Å². The SMILES string of the molecule is Cc1cc(-c2cc(-c3cc(S(=O)(=O)N[C@H]4CCNC4)ccc3C)cnc2N)on1. The minimum absolute atomic E-state index is 0.0933. The summed E-state index contributed by atoms with van der Waals surface area (Å²) in [6.07, 6.45) is 2.41. The second kappa shape index (κ2) is 7.58. The predicted octanol–water partition coefficient (Wildman–Crippen LogP) is 2.24. The molecule has 0 bridgehead atoms. The van der Waals surface area contributed by atoms with E-state index in [2.05, 4.69) is 20.2 Å². The van der Waals surface area contributed by atoms with Gasteiger partial charge >= 0.3 is 0 Å². The van der Waals surface area contributed by atoms with Crippen molar-refractivity contribution in [2.45, 2.75) is 31.2 Å². The van der Waals surface area contributed by atoms with Crippen LogP contribution in [0.15, 0.2) is 45.9 Å². The molecule has 1 aliphatic rings. The Labute approximate surface area is 169 Å². The van der Waals surface area contributed by atoms with Crippen molar-refractivity contribution in [1.82, 2.24) is 20.2 Å². The number of aryl methyl sites for hydroxylation is 2. The highest BCUT2D eigenvalue weighted by Crippen LogP contribution is 2.32. The molecule has 3 heterocycles. The van der Waals surface area contributed by atoms with Crippen LogP contribution in [0.25, 0.3) is 22.5 Å². The van der Waals surface area contributed by atoms with E-state index in [1.165, 1.54) is 0 Å². The summed E-state index contributed by atoms with van der Waals surface area (Å²) in [6.45, 7) is 5.20. The fraction of sp³-hybridized carbons (Fsp3) is 0.300. The Balaban J connectivity index is 1.73. The maximum absolute atomic E-state index is 12.8. The van der Waals surface area contributed by atoms with E-state index in [0.29, 0.717) is 23.7 Å². The molecule has 1 fully saturated rings. The van der Waals surface area contributed by atoms with Crippen molar-refractivity contribution in [2.75, 3.05) is 18.8 Å². The molecule has 1 saturated heterocycles. The van der Waals surface area contributed by atoms with Gasteiger partial charge in [-0.3, -0.25) is 0 Å². The van der Waals surface area contributed by atoms with Crippen molar-refractivity contribution in [1.29, 1.82) is 0 Å². The topological polar surface area (TPSA) is 123 Å². The highest BCUT2D eigenvalue weighted by Gasteiger charge is 2.23. The maximum atomic E-state index is 12.8. The molecule has 3 aromatic rings. The molecule has 29 heavy (non-hydrogen) atoms. The first-order valence-corrected chi connectivity index (χ1v) is 10.8. The number of nitrogens with one attached hydrogen (secondary N) is 2. The van der Waals surface area contributed by atoms with Crippen LogP contribution < -0.4 is 15.8 Å². The number of nitrogens with two attached hydrogens (primary N) is 1. The summed E-state index contributed by atoms with van der Waals surface area (Å²) < 4.78 is 33.8. The summed E-state index contributed by atoms with van der Waals surface area (Å²) in [7, 11) is -3.62. The number of hydrogen-bond donors (Lipinski definition) is 3. The van der Waals surface area contributed by atoms with E-state index in [1.54, 1.807) is 30.5 Å². The van der Waals surface area contributed by atoms with Crippen LogP contribution in [-0.4, -0.2) is 37.7 Å². The molecule has 1 aromatic carbocycles. The first-order valence-electron chi connectivity index (χ1n) is 9.37. The van der Waals surface area contributed by atoms with E-state index in [9.17, 15) is 8.42 Å². The van der Waals surface area contributed by atoms with Crippen LogP contribution in [0.3, 0.4) is 0 Å². The molecule has 4 rings (SSSR count). The van der Waals surface area contributed by atoms with Gasteiger partial charge in [0.25, 0.3) is 0 Å². The lowest BCUT2D eigenvalue weighted by molar-refractivity contribution is 0.427. The molecule has 1 aliphatic heterocycles. The van der Waals surface area contributed by atoms with Crippen LogP contribution >= 0.6 is 0 Å². The molecule has 0 spiro atoms. The highest BCUT2D eigenvalue weighted by atomic mass is 32.2. The van der Waals surface area contributed by atoms with Gasteiger partial charge in [0.2, 0.25) is 10.0 Å². The molecule has 8 nitrogen and oxygen atoms in total. The third-order valence-electron chi connectivity index (χ3n) is 5.02. The Hall–Kier alpha value is -2.75. The minimum atomic E-state index is -3.62. The van der Waals surface area contributed by atoms with Gasteiger partial charge in [-0.15, -0.1) is 0 Å². The normalized spacial score (nSPS) is 17.0. The quantitative estimate of drug-likeness (QED) is 0.586. The van der Waals surface area contributed by atoms with Crippen LogP contribution in [0, 0.1) is 13.8 Å². The molecule has 0 radical (unpaired) electrons. The Bertz CT molecular complexity index is 1150. The third kappa shape index (κ3) is 4.02. The Kier molecular flexibility index (Phi) is 5.12. The highest BCUT2D eigenvalue weighted by molar-refractivity contribution is 7.89. The lowest BCUT2D eigenvalue weighted by Crippen LogP contribution is -2.36. The Morgan fingerprint density at radius 2 is 2.03 bits per heavy atom. The van der Waals surface area contributed by atoms with Crippen LogP contribution in [0.1, 0.15) is 17.7 Å². The Morgan fingerprint density at radius 1 is 1.21 bits per heavy atom. The zero-order chi connectivity index (χ0) is 20.6. The van der Waals surface area contributed by atoms with Crippen molar-refractivity contribution in [3.63, 3.8) is 0 Å². The fourth-order valence-corrected chi connectivity index (χ4v) is 4.73. The molecule has 4 N–H and O–H groups in total. The average Bonchev–Trinajstić information content (AvgIpc) is 3.34. The van der Waals surface area contributed by atoms with E-state index >= 15 is 0 Å². The second-order valence-corrected chi connectivity index (χ2v) is 8.99. The number of nitrogens with zero attached hydrogens (tertiary/aromatic N) is 2. The summed E-state index contributed by atoms with van der Waals surface area (Å²) in [6, 6.07) is 8.62. The second-order valence-electron chi connectivity index (χ2n) is 7.28. The molecular formula is C20H23N5O3S. The van der Waals surface area contributed by atoms with E-state index in [-0.39, 0.29) is 10.9 Å². The van der Waals surface area contributed by atoms with Gasteiger partial charge in [0.15, 0.2) is 5.76 Å². The molecule has 152 valence electrons. The van der Waals surface area contributed by atoms with Crippen LogP contribution in [-0.2, 0) is 10.0 Å². The number of rotatable bonds is 5. The molecule has 1 atom stereocenters. The largest absolute Gasteiger partial charge is 0.383 e. The lowest BCUT2D eigenvalue weighted by Gasteiger charge is -2.14. The fourth-order valence-electron chi connectivity index (χ4n) is 3.43. The molecule has 9 heteroatoms. The summed E-state index contributed by atoms with van der Waals surface area (Å²) in [5.74, 6) is 0.841. The number of anilines is 1. The van der Waals surface area contributed by atoms with Crippen molar-refractivity contribution < 1.29 is 12.9 Å². The van der Waals surface area contributed by atoms with Gasteiger partial charge in [-0.25, -0.2) is 18.1 Å². The monoisotopic (exact) mass is 413 g/mol. The standard InChI is InChI=1S/C20H23N5O3S/c1-12-3-4-16(29(26,27)25-15-5-6-22-11-15)9-17(12)14-8-18(20(21)23-10-14)19-7-13(2)24-28-19/h3-4,7-10,15,22,25H,5-6,11H2,1-2H3,(H2,21,23)/t15-/m0/s1. The molecule has 0 aliphatic carbocycles. The van der Waals surface area contributed by atoms with Gasteiger partial charge in [-0.2, -0.15) is 0 Å². The molecule has 0 amide bonds.